The van der Waals surface area contributed by atoms with Gasteiger partial charge in [0.1, 0.15) is 11.6 Å². The van der Waals surface area contributed by atoms with Crippen LogP contribution in [-0.4, -0.2) is 28.6 Å². The van der Waals surface area contributed by atoms with Crippen molar-refractivity contribution >= 4 is 5.82 Å². The monoisotopic (exact) mass is 236 g/mol. The summed E-state index contributed by atoms with van der Waals surface area (Å²) in [7, 11) is 0. The number of nitrogens with one attached hydrogen (secondary N) is 1. The van der Waals surface area contributed by atoms with Crippen LogP contribution in [0.25, 0.3) is 0 Å². The Labute approximate surface area is 101 Å². The molecule has 17 heavy (non-hydrogen) atoms. The first-order valence-corrected chi connectivity index (χ1v) is 6.20. The number of hydrogen-bond donors (Lipinski definition) is 2. The fourth-order valence-corrected chi connectivity index (χ4v) is 2.36. The van der Waals surface area contributed by atoms with E-state index in [2.05, 4.69) is 21.8 Å². The minimum Gasteiger partial charge on any atom is -0.353 e. The Hall–Kier alpha value is -1.36. The molecule has 0 spiro atoms. The minimum atomic E-state index is -0.0919. The molecule has 2 heterocycles. The molecule has 2 rings (SSSR count). The van der Waals surface area contributed by atoms with Gasteiger partial charge in [0, 0.05) is 25.6 Å². The van der Waals surface area contributed by atoms with Crippen molar-refractivity contribution in [3.63, 3.8) is 0 Å². The Balaban J connectivity index is 2.11. The zero-order valence-electron chi connectivity index (χ0n) is 10.5. The second-order valence-corrected chi connectivity index (χ2v) is 4.87. The molecule has 0 unspecified atom stereocenters. The summed E-state index contributed by atoms with van der Waals surface area (Å²) in [6.07, 6.45) is 2.85. The van der Waals surface area contributed by atoms with Crippen LogP contribution in [0.15, 0.2) is 10.9 Å². The van der Waals surface area contributed by atoms with E-state index in [4.69, 9.17) is 5.73 Å². The van der Waals surface area contributed by atoms with E-state index < -0.39 is 0 Å². The van der Waals surface area contributed by atoms with Crippen molar-refractivity contribution in [2.45, 2.75) is 38.6 Å². The third-order valence-electron chi connectivity index (χ3n) is 3.20. The highest BCUT2D eigenvalue weighted by atomic mass is 16.1. The molecule has 0 atom stereocenters. The molecule has 1 aliphatic rings. The molecule has 0 saturated carbocycles. The average Bonchev–Trinajstić information content (AvgIpc) is 2.25. The largest absolute Gasteiger partial charge is 0.353 e. The van der Waals surface area contributed by atoms with Gasteiger partial charge >= 0.3 is 0 Å². The topological polar surface area (TPSA) is 75.0 Å². The summed E-state index contributed by atoms with van der Waals surface area (Å²) in [4.78, 5) is 20.7. The zero-order valence-corrected chi connectivity index (χ0v) is 10.5. The number of aromatic amines is 1. The maximum Gasteiger partial charge on any atom is 0.252 e. The van der Waals surface area contributed by atoms with E-state index >= 15 is 0 Å². The van der Waals surface area contributed by atoms with Gasteiger partial charge in [0.2, 0.25) is 0 Å². The molecule has 1 saturated heterocycles. The quantitative estimate of drug-likeness (QED) is 0.805. The van der Waals surface area contributed by atoms with Gasteiger partial charge in [-0.2, -0.15) is 0 Å². The number of aryl methyl sites for hydroxylation is 1. The molecular formula is C12H20N4O. The van der Waals surface area contributed by atoms with Gasteiger partial charge in [-0.25, -0.2) is 4.98 Å². The predicted octanol–water partition coefficient (Wildman–Crippen LogP) is 0.650. The molecule has 1 aromatic heterocycles. The van der Waals surface area contributed by atoms with Gasteiger partial charge in [-0.05, 0) is 6.42 Å². The van der Waals surface area contributed by atoms with E-state index in [0.29, 0.717) is 0 Å². The van der Waals surface area contributed by atoms with Crippen LogP contribution in [0.3, 0.4) is 0 Å². The number of nitrogens with zero attached hydrogens (tertiary/aromatic N) is 2. The number of rotatable bonds is 4. The summed E-state index contributed by atoms with van der Waals surface area (Å²) in [5.41, 5.74) is 6.02. The Bertz CT molecular complexity index is 448. The van der Waals surface area contributed by atoms with Gasteiger partial charge in [-0.15, -0.1) is 0 Å². The maximum atomic E-state index is 11.4. The third-order valence-corrected chi connectivity index (χ3v) is 3.20. The smallest absolute Gasteiger partial charge is 0.252 e. The Morgan fingerprint density at radius 1 is 1.53 bits per heavy atom. The van der Waals surface area contributed by atoms with Crippen LogP contribution in [-0.2, 0) is 6.42 Å². The van der Waals surface area contributed by atoms with Crippen molar-refractivity contribution in [1.82, 2.24) is 9.97 Å². The number of H-pyrrole nitrogens is 1. The summed E-state index contributed by atoms with van der Waals surface area (Å²) < 4.78 is 0. The first kappa shape index (κ1) is 12.1. The summed E-state index contributed by atoms with van der Waals surface area (Å²) in [6.45, 7) is 5.70. The molecule has 0 amide bonds. The second kappa shape index (κ2) is 4.49. The van der Waals surface area contributed by atoms with Crippen LogP contribution in [0, 0.1) is 0 Å². The van der Waals surface area contributed by atoms with E-state index in [1.807, 2.05) is 6.92 Å². The molecule has 0 aliphatic carbocycles. The highest BCUT2D eigenvalue weighted by Crippen LogP contribution is 2.26. The van der Waals surface area contributed by atoms with Crippen LogP contribution >= 0.6 is 0 Å². The highest BCUT2D eigenvalue weighted by Gasteiger charge is 2.39. The Kier molecular flexibility index (Phi) is 3.19. The standard InChI is InChI=1S/C12H20N4O/c1-3-5-12(13)7-16(8-12)10-6-11(17)15-9(4-2)14-10/h6H,3-5,7-8,13H2,1-2H3,(H,14,15,17). The second-order valence-electron chi connectivity index (χ2n) is 4.87. The molecule has 5 nitrogen and oxygen atoms in total. The molecule has 1 aromatic rings. The Morgan fingerprint density at radius 2 is 2.24 bits per heavy atom. The van der Waals surface area contributed by atoms with E-state index in [1.54, 1.807) is 6.07 Å². The number of anilines is 1. The Morgan fingerprint density at radius 3 is 2.82 bits per heavy atom. The van der Waals surface area contributed by atoms with Crippen LogP contribution in [0.4, 0.5) is 5.82 Å². The molecule has 0 radical (unpaired) electrons. The van der Waals surface area contributed by atoms with Crippen LogP contribution < -0.4 is 16.2 Å². The molecule has 94 valence electrons. The first-order valence-electron chi connectivity index (χ1n) is 6.20. The molecule has 0 aromatic carbocycles. The van der Waals surface area contributed by atoms with Crippen LogP contribution in [0.5, 0.6) is 0 Å². The molecular weight excluding hydrogens is 216 g/mol. The van der Waals surface area contributed by atoms with Crippen molar-refractivity contribution in [2.24, 2.45) is 5.73 Å². The van der Waals surface area contributed by atoms with Crippen molar-refractivity contribution in [3.8, 4) is 0 Å². The van der Waals surface area contributed by atoms with Crippen molar-refractivity contribution in [1.29, 1.82) is 0 Å². The van der Waals surface area contributed by atoms with Gasteiger partial charge in [-0.1, -0.05) is 20.3 Å². The average molecular weight is 236 g/mol. The first-order chi connectivity index (χ1) is 8.06. The van der Waals surface area contributed by atoms with Crippen LogP contribution in [0.1, 0.15) is 32.5 Å². The predicted molar refractivity (Wildman–Crippen MR) is 68.3 cm³/mol. The number of hydrogen-bond acceptors (Lipinski definition) is 4. The molecule has 3 N–H and O–H groups in total. The lowest BCUT2D eigenvalue weighted by molar-refractivity contribution is 0.305. The van der Waals surface area contributed by atoms with Gasteiger partial charge in [0.25, 0.3) is 5.56 Å². The zero-order chi connectivity index (χ0) is 12.5. The van der Waals surface area contributed by atoms with Crippen molar-refractivity contribution < 1.29 is 0 Å². The van der Waals surface area contributed by atoms with E-state index in [1.165, 1.54) is 0 Å². The fourth-order valence-electron chi connectivity index (χ4n) is 2.36. The molecule has 0 bridgehead atoms. The van der Waals surface area contributed by atoms with E-state index in [-0.39, 0.29) is 11.1 Å². The summed E-state index contributed by atoms with van der Waals surface area (Å²) in [6, 6.07) is 1.55. The van der Waals surface area contributed by atoms with E-state index in [0.717, 1.165) is 44.0 Å². The van der Waals surface area contributed by atoms with Crippen LogP contribution in [0.2, 0.25) is 0 Å². The number of aromatic nitrogens is 2. The van der Waals surface area contributed by atoms with Gasteiger partial charge < -0.3 is 15.6 Å². The SMILES string of the molecule is CCCC1(N)CN(c2cc(=O)[nH]c(CC)n2)C1. The molecule has 5 heteroatoms. The highest BCUT2D eigenvalue weighted by molar-refractivity contribution is 5.43. The van der Waals surface area contributed by atoms with Gasteiger partial charge in [0.05, 0.1) is 5.54 Å². The molecule has 1 fully saturated rings. The fraction of sp³-hybridized carbons (Fsp3) is 0.667. The lowest BCUT2D eigenvalue weighted by Gasteiger charge is -2.48. The lowest BCUT2D eigenvalue weighted by Crippen LogP contribution is -2.67. The molecule has 1 aliphatic heterocycles. The summed E-state index contributed by atoms with van der Waals surface area (Å²) in [5, 5.41) is 0. The van der Waals surface area contributed by atoms with E-state index in [9.17, 15) is 4.79 Å². The van der Waals surface area contributed by atoms with Crippen molar-refractivity contribution in [3.05, 3.63) is 22.2 Å². The summed E-state index contributed by atoms with van der Waals surface area (Å²) >= 11 is 0. The lowest BCUT2D eigenvalue weighted by atomic mass is 9.86. The number of nitrogens with two attached hydrogens (primary N) is 1. The normalized spacial score (nSPS) is 17.9. The third kappa shape index (κ3) is 2.49. The minimum absolute atomic E-state index is 0.0862. The maximum absolute atomic E-state index is 11.4. The van der Waals surface area contributed by atoms with Gasteiger partial charge in [0.15, 0.2) is 0 Å². The van der Waals surface area contributed by atoms with Gasteiger partial charge in [-0.3, -0.25) is 4.79 Å². The summed E-state index contributed by atoms with van der Waals surface area (Å²) in [5.74, 6) is 1.49. The van der Waals surface area contributed by atoms with Crippen molar-refractivity contribution in [2.75, 3.05) is 18.0 Å².